The number of aromatic nitrogens is 2. The zero-order valence-corrected chi connectivity index (χ0v) is 11.6. The van der Waals surface area contributed by atoms with E-state index in [2.05, 4.69) is 24.3 Å². The first-order chi connectivity index (χ1) is 8.24. The van der Waals surface area contributed by atoms with E-state index in [0.29, 0.717) is 6.61 Å². The van der Waals surface area contributed by atoms with Crippen LogP contribution in [0.25, 0.3) is 0 Å². The van der Waals surface area contributed by atoms with Gasteiger partial charge in [-0.3, -0.25) is 4.68 Å². The molecule has 1 unspecified atom stereocenters. The van der Waals surface area contributed by atoms with Crippen molar-refractivity contribution < 1.29 is 4.74 Å². The summed E-state index contributed by atoms with van der Waals surface area (Å²) in [5.74, 6) is 0. The summed E-state index contributed by atoms with van der Waals surface area (Å²) >= 11 is 6.23. The molecule has 0 amide bonds. The summed E-state index contributed by atoms with van der Waals surface area (Å²) in [7, 11) is 1.69. The largest absolute Gasteiger partial charge is 0.383 e. The van der Waals surface area contributed by atoms with Crippen LogP contribution in [0, 0.1) is 0 Å². The lowest BCUT2D eigenvalue weighted by Crippen LogP contribution is -2.24. The van der Waals surface area contributed by atoms with Crippen molar-refractivity contribution in [2.45, 2.75) is 39.3 Å². The van der Waals surface area contributed by atoms with Crippen LogP contribution in [0.15, 0.2) is 6.20 Å². The molecule has 0 bridgehead atoms. The summed E-state index contributed by atoms with van der Waals surface area (Å²) in [4.78, 5) is 0. The molecule has 1 aromatic rings. The second-order valence-electron chi connectivity index (χ2n) is 3.99. The normalized spacial score (nSPS) is 12.9. The van der Waals surface area contributed by atoms with E-state index in [0.717, 1.165) is 36.6 Å². The van der Waals surface area contributed by atoms with Gasteiger partial charge in [-0.2, -0.15) is 5.10 Å². The zero-order chi connectivity index (χ0) is 12.7. The van der Waals surface area contributed by atoms with Crippen molar-refractivity contribution in [3.63, 3.8) is 0 Å². The molecule has 0 fully saturated rings. The fraction of sp³-hybridized carbons (Fsp3) is 0.750. The topological polar surface area (TPSA) is 39.1 Å². The summed E-state index contributed by atoms with van der Waals surface area (Å²) < 4.78 is 7.02. The summed E-state index contributed by atoms with van der Waals surface area (Å²) in [6.07, 6.45) is 3.89. The molecule has 4 nitrogen and oxygen atoms in total. The third-order valence-corrected chi connectivity index (χ3v) is 2.99. The molecular weight excluding hydrogens is 238 g/mol. The van der Waals surface area contributed by atoms with Gasteiger partial charge in [0.15, 0.2) is 0 Å². The molecule has 0 radical (unpaired) electrons. The highest BCUT2D eigenvalue weighted by atomic mass is 35.5. The van der Waals surface area contributed by atoms with Crippen LogP contribution in [-0.4, -0.2) is 30.0 Å². The lowest BCUT2D eigenvalue weighted by molar-refractivity contribution is 0.181. The molecule has 0 aliphatic heterocycles. The van der Waals surface area contributed by atoms with Gasteiger partial charge in [0.1, 0.15) is 0 Å². The number of hydrogen-bond acceptors (Lipinski definition) is 3. The summed E-state index contributed by atoms with van der Waals surface area (Å²) in [6, 6.07) is 0.275. The van der Waals surface area contributed by atoms with Gasteiger partial charge < -0.3 is 10.1 Å². The van der Waals surface area contributed by atoms with E-state index >= 15 is 0 Å². The Hall–Kier alpha value is -0.580. The fourth-order valence-electron chi connectivity index (χ4n) is 1.94. The van der Waals surface area contributed by atoms with Crippen molar-refractivity contribution in [1.29, 1.82) is 0 Å². The van der Waals surface area contributed by atoms with E-state index in [1.807, 2.05) is 4.68 Å². The standard InChI is InChI=1S/C12H22ClN3O/c1-4-6-11(14-5-2)12-10(13)9-15-16(12)7-8-17-3/h9,11,14H,4-8H2,1-3H3. The Morgan fingerprint density at radius 2 is 2.29 bits per heavy atom. The molecule has 0 aliphatic carbocycles. The minimum atomic E-state index is 0.275. The summed E-state index contributed by atoms with van der Waals surface area (Å²) in [5, 5.41) is 8.50. The summed E-state index contributed by atoms with van der Waals surface area (Å²) in [5.41, 5.74) is 1.08. The van der Waals surface area contributed by atoms with E-state index in [1.54, 1.807) is 13.3 Å². The fourth-order valence-corrected chi connectivity index (χ4v) is 2.22. The Bertz CT molecular complexity index is 322. The van der Waals surface area contributed by atoms with Gasteiger partial charge in [-0.1, -0.05) is 31.9 Å². The number of nitrogens with zero attached hydrogens (tertiary/aromatic N) is 2. The molecule has 0 saturated carbocycles. The quantitative estimate of drug-likeness (QED) is 0.780. The van der Waals surface area contributed by atoms with Crippen molar-refractivity contribution in [2.75, 3.05) is 20.3 Å². The highest BCUT2D eigenvalue weighted by Crippen LogP contribution is 2.26. The van der Waals surface area contributed by atoms with E-state index < -0.39 is 0 Å². The number of rotatable bonds is 8. The first kappa shape index (κ1) is 14.5. The Morgan fingerprint density at radius 3 is 2.88 bits per heavy atom. The first-order valence-electron chi connectivity index (χ1n) is 6.18. The molecule has 0 aliphatic rings. The number of nitrogens with one attached hydrogen (secondary N) is 1. The maximum absolute atomic E-state index is 6.23. The van der Waals surface area contributed by atoms with Crippen LogP contribution in [0.2, 0.25) is 5.02 Å². The molecule has 1 atom stereocenters. The van der Waals surface area contributed by atoms with Crippen LogP contribution in [-0.2, 0) is 11.3 Å². The third kappa shape index (κ3) is 3.98. The van der Waals surface area contributed by atoms with Crippen molar-refractivity contribution in [1.82, 2.24) is 15.1 Å². The highest BCUT2D eigenvalue weighted by Gasteiger charge is 2.18. The first-order valence-corrected chi connectivity index (χ1v) is 6.55. The predicted octanol–water partition coefficient (Wildman–Crippen LogP) is 2.63. The van der Waals surface area contributed by atoms with Gasteiger partial charge in [0.05, 0.1) is 36.1 Å². The van der Waals surface area contributed by atoms with Crippen molar-refractivity contribution in [3.05, 3.63) is 16.9 Å². The van der Waals surface area contributed by atoms with Gasteiger partial charge in [-0.25, -0.2) is 0 Å². The summed E-state index contributed by atoms with van der Waals surface area (Å²) in [6.45, 7) is 6.59. The smallest absolute Gasteiger partial charge is 0.0834 e. The van der Waals surface area contributed by atoms with Gasteiger partial charge in [0, 0.05) is 7.11 Å². The highest BCUT2D eigenvalue weighted by molar-refractivity contribution is 6.31. The number of hydrogen-bond donors (Lipinski definition) is 1. The van der Waals surface area contributed by atoms with Crippen LogP contribution in [0.5, 0.6) is 0 Å². The van der Waals surface area contributed by atoms with Crippen molar-refractivity contribution in [2.24, 2.45) is 0 Å². The minimum absolute atomic E-state index is 0.275. The monoisotopic (exact) mass is 259 g/mol. The molecule has 0 spiro atoms. The van der Waals surface area contributed by atoms with Gasteiger partial charge in [-0.15, -0.1) is 0 Å². The van der Waals surface area contributed by atoms with Crippen molar-refractivity contribution in [3.8, 4) is 0 Å². The van der Waals surface area contributed by atoms with Crippen LogP contribution in [0.1, 0.15) is 38.4 Å². The average Bonchev–Trinajstić information content (AvgIpc) is 2.67. The van der Waals surface area contributed by atoms with Crippen LogP contribution >= 0.6 is 11.6 Å². The van der Waals surface area contributed by atoms with Crippen molar-refractivity contribution >= 4 is 11.6 Å². The van der Waals surface area contributed by atoms with Gasteiger partial charge in [0.2, 0.25) is 0 Å². The molecule has 1 rings (SSSR count). The predicted molar refractivity (Wildman–Crippen MR) is 70.4 cm³/mol. The SMILES string of the molecule is CCCC(NCC)c1c(Cl)cnn1CCOC. The molecule has 0 saturated heterocycles. The minimum Gasteiger partial charge on any atom is -0.383 e. The molecule has 1 heterocycles. The zero-order valence-electron chi connectivity index (χ0n) is 10.9. The van der Waals surface area contributed by atoms with E-state index in [9.17, 15) is 0 Å². The second-order valence-corrected chi connectivity index (χ2v) is 4.40. The Kier molecular flexibility index (Phi) is 6.55. The maximum atomic E-state index is 6.23. The van der Waals surface area contributed by atoms with Crippen LogP contribution in [0.3, 0.4) is 0 Å². The van der Waals surface area contributed by atoms with E-state index in [-0.39, 0.29) is 6.04 Å². The molecular formula is C12H22ClN3O. The molecule has 1 aromatic heterocycles. The molecule has 5 heteroatoms. The molecule has 17 heavy (non-hydrogen) atoms. The average molecular weight is 260 g/mol. The lowest BCUT2D eigenvalue weighted by atomic mass is 10.1. The van der Waals surface area contributed by atoms with Gasteiger partial charge in [0.25, 0.3) is 0 Å². The molecule has 1 N–H and O–H groups in total. The van der Waals surface area contributed by atoms with Crippen LogP contribution in [0.4, 0.5) is 0 Å². The molecule has 98 valence electrons. The lowest BCUT2D eigenvalue weighted by Gasteiger charge is -2.19. The van der Waals surface area contributed by atoms with Crippen LogP contribution < -0.4 is 5.32 Å². The third-order valence-electron chi connectivity index (χ3n) is 2.70. The number of methoxy groups -OCH3 is 1. The van der Waals surface area contributed by atoms with E-state index in [1.165, 1.54) is 0 Å². The Balaban J connectivity index is 2.86. The second kappa shape index (κ2) is 7.69. The Morgan fingerprint density at radius 1 is 1.53 bits per heavy atom. The number of halogens is 1. The maximum Gasteiger partial charge on any atom is 0.0834 e. The van der Waals surface area contributed by atoms with E-state index in [4.69, 9.17) is 16.3 Å². The molecule has 0 aromatic carbocycles. The number of ether oxygens (including phenoxy) is 1. The Labute approximate surface area is 108 Å². The van der Waals surface area contributed by atoms with Gasteiger partial charge >= 0.3 is 0 Å². The van der Waals surface area contributed by atoms with Gasteiger partial charge in [-0.05, 0) is 13.0 Å².